The van der Waals surface area contributed by atoms with Gasteiger partial charge in [-0.2, -0.15) is 0 Å². The Morgan fingerprint density at radius 3 is 2.50 bits per heavy atom. The molecule has 2 N–H and O–H groups in total. The summed E-state index contributed by atoms with van der Waals surface area (Å²) in [6.45, 7) is 8.23. The molecule has 2 aromatic rings. The van der Waals surface area contributed by atoms with Crippen molar-refractivity contribution in [3.63, 3.8) is 0 Å². The van der Waals surface area contributed by atoms with Crippen molar-refractivity contribution in [3.8, 4) is 0 Å². The highest BCUT2D eigenvalue weighted by Gasteiger charge is 2.20. The molecular formula is C21H28N4O. The van der Waals surface area contributed by atoms with E-state index >= 15 is 0 Å². The lowest BCUT2D eigenvalue weighted by Gasteiger charge is -2.23. The molecule has 0 radical (unpaired) electrons. The van der Waals surface area contributed by atoms with Crippen molar-refractivity contribution in [1.82, 2.24) is 9.97 Å². The van der Waals surface area contributed by atoms with Crippen LogP contribution in [-0.4, -0.2) is 21.9 Å². The molecule has 0 atom stereocenters. The molecule has 5 heteroatoms. The summed E-state index contributed by atoms with van der Waals surface area (Å²) in [6, 6.07) is 10.1. The summed E-state index contributed by atoms with van der Waals surface area (Å²) in [5.74, 6) is 1.13. The summed E-state index contributed by atoms with van der Waals surface area (Å²) in [6.07, 6.45) is 4.81. The predicted octanol–water partition coefficient (Wildman–Crippen LogP) is 4.69. The highest BCUT2D eigenvalue weighted by atomic mass is 16.1. The Morgan fingerprint density at radius 2 is 1.81 bits per heavy atom. The van der Waals surface area contributed by atoms with E-state index in [1.807, 2.05) is 31.2 Å². The van der Waals surface area contributed by atoms with E-state index in [1.165, 1.54) is 12.8 Å². The summed E-state index contributed by atoms with van der Waals surface area (Å²) < 4.78 is 0. The molecule has 5 nitrogen and oxygen atoms in total. The summed E-state index contributed by atoms with van der Waals surface area (Å²) in [5, 5.41) is 6.47. The molecule has 0 aliphatic heterocycles. The van der Waals surface area contributed by atoms with E-state index in [2.05, 4.69) is 41.4 Å². The van der Waals surface area contributed by atoms with E-state index in [9.17, 15) is 4.79 Å². The van der Waals surface area contributed by atoms with Gasteiger partial charge in [0.25, 0.3) is 5.91 Å². The molecule has 3 rings (SSSR count). The van der Waals surface area contributed by atoms with Gasteiger partial charge < -0.3 is 10.6 Å². The molecule has 1 aromatic carbocycles. The lowest BCUT2D eigenvalue weighted by molar-refractivity contribution is 0.102. The highest BCUT2D eigenvalue weighted by Crippen LogP contribution is 2.29. The Kier molecular flexibility index (Phi) is 5.25. The van der Waals surface area contributed by atoms with Gasteiger partial charge in [-0.25, -0.2) is 9.97 Å². The predicted molar refractivity (Wildman–Crippen MR) is 106 cm³/mol. The van der Waals surface area contributed by atoms with Crippen molar-refractivity contribution < 1.29 is 4.79 Å². The zero-order valence-electron chi connectivity index (χ0n) is 16.1. The average Bonchev–Trinajstić information content (AvgIpc) is 3.06. The second-order valence-electron chi connectivity index (χ2n) is 8.06. The standard InChI is InChI=1S/C21H28N4O/c1-14-22-18(13-19(23-14)24-15-9-5-6-10-15)20(26)25-17-12-8-7-11-16(17)21(2,3)4/h7-8,11-13,15H,5-6,9-10H2,1-4H3,(H,25,26)(H,22,23,24). The lowest BCUT2D eigenvalue weighted by atomic mass is 9.86. The number of nitrogens with zero attached hydrogens (tertiary/aromatic N) is 2. The Hall–Kier alpha value is -2.43. The fourth-order valence-electron chi connectivity index (χ4n) is 3.47. The van der Waals surface area contributed by atoms with Gasteiger partial charge in [0.1, 0.15) is 17.3 Å². The minimum Gasteiger partial charge on any atom is -0.367 e. The van der Waals surface area contributed by atoms with Crippen LogP contribution in [0.2, 0.25) is 0 Å². The maximum Gasteiger partial charge on any atom is 0.274 e. The van der Waals surface area contributed by atoms with Crippen LogP contribution in [0.4, 0.5) is 11.5 Å². The van der Waals surface area contributed by atoms with E-state index in [1.54, 1.807) is 6.07 Å². The molecule has 1 aliphatic rings. The first-order valence-corrected chi connectivity index (χ1v) is 9.36. The largest absolute Gasteiger partial charge is 0.367 e. The van der Waals surface area contributed by atoms with Gasteiger partial charge in [0.05, 0.1) is 0 Å². The van der Waals surface area contributed by atoms with E-state index < -0.39 is 0 Å². The molecule has 1 aromatic heterocycles. The van der Waals surface area contributed by atoms with Crippen molar-refractivity contribution >= 4 is 17.4 Å². The minimum absolute atomic E-state index is 0.0549. The van der Waals surface area contributed by atoms with E-state index in [-0.39, 0.29) is 11.3 Å². The number of hydrogen-bond donors (Lipinski definition) is 2. The maximum atomic E-state index is 12.8. The number of carbonyl (C=O) groups is 1. The van der Waals surface area contributed by atoms with Crippen molar-refractivity contribution in [2.75, 3.05) is 10.6 Å². The van der Waals surface area contributed by atoms with Crippen LogP contribution in [0.5, 0.6) is 0 Å². The van der Waals surface area contributed by atoms with Crippen LogP contribution < -0.4 is 10.6 Å². The molecule has 138 valence electrons. The SMILES string of the molecule is Cc1nc(NC2CCCC2)cc(C(=O)Nc2ccccc2C(C)(C)C)n1. The molecule has 0 saturated heterocycles. The second-order valence-corrected chi connectivity index (χ2v) is 8.06. The molecule has 0 spiro atoms. The van der Waals surface area contributed by atoms with Gasteiger partial charge in [-0.05, 0) is 36.8 Å². The number of amides is 1. The first-order chi connectivity index (χ1) is 12.3. The number of aromatic nitrogens is 2. The maximum absolute atomic E-state index is 12.8. The van der Waals surface area contributed by atoms with Gasteiger partial charge in [0.15, 0.2) is 0 Å². The topological polar surface area (TPSA) is 66.9 Å². The third kappa shape index (κ3) is 4.40. The molecule has 1 saturated carbocycles. The smallest absolute Gasteiger partial charge is 0.274 e. The van der Waals surface area contributed by atoms with Gasteiger partial charge in [-0.3, -0.25) is 4.79 Å². The first-order valence-electron chi connectivity index (χ1n) is 9.36. The molecule has 1 amide bonds. The second kappa shape index (κ2) is 7.44. The van der Waals surface area contributed by atoms with Gasteiger partial charge in [-0.1, -0.05) is 51.8 Å². The number of rotatable bonds is 4. The minimum atomic E-state index is -0.207. The fourth-order valence-corrected chi connectivity index (χ4v) is 3.47. The number of para-hydroxylation sites is 1. The van der Waals surface area contributed by atoms with Gasteiger partial charge in [-0.15, -0.1) is 0 Å². The molecule has 1 aliphatic carbocycles. The Morgan fingerprint density at radius 1 is 1.12 bits per heavy atom. The number of nitrogens with one attached hydrogen (secondary N) is 2. The Balaban J connectivity index is 1.81. The van der Waals surface area contributed by atoms with Crippen molar-refractivity contribution in [1.29, 1.82) is 0 Å². The first kappa shape index (κ1) is 18.4. The summed E-state index contributed by atoms with van der Waals surface area (Å²) >= 11 is 0. The lowest BCUT2D eigenvalue weighted by Crippen LogP contribution is -2.21. The highest BCUT2D eigenvalue weighted by molar-refractivity contribution is 6.03. The van der Waals surface area contributed by atoms with E-state index in [0.29, 0.717) is 17.6 Å². The Labute approximate surface area is 155 Å². The summed E-state index contributed by atoms with van der Waals surface area (Å²) in [4.78, 5) is 21.6. The quantitative estimate of drug-likeness (QED) is 0.838. The normalized spacial score (nSPS) is 15.1. The number of anilines is 2. The van der Waals surface area contributed by atoms with Crippen LogP contribution >= 0.6 is 0 Å². The van der Waals surface area contributed by atoms with Crippen LogP contribution in [0.15, 0.2) is 30.3 Å². The summed E-state index contributed by atoms with van der Waals surface area (Å²) in [7, 11) is 0. The van der Waals surface area contributed by atoms with Crippen LogP contribution in [0.1, 0.15) is 68.3 Å². The molecule has 0 unspecified atom stereocenters. The van der Waals surface area contributed by atoms with Crippen molar-refractivity contribution in [3.05, 3.63) is 47.4 Å². The van der Waals surface area contributed by atoms with Crippen molar-refractivity contribution in [2.24, 2.45) is 0 Å². The third-order valence-corrected chi connectivity index (χ3v) is 4.76. The molecule has 1 heterocycles. The monoisotopic (exact) mass is 352 g/mol. The third-order valence-electron chi connectivity index (χ3n) is 4.76. The zero-order chi connectivity index (χ0) is 18.7. The van der Waals surface area contributed by atoms with Gasteiger partial charge in [0.2, 0.25) is 0 Å². The molecule has 26 heavy (non-hydrogen) atoms. The Bertz CT molecular complexity index is 789. The molecule has 0 bridgehead atoms. The fraction of sp³-hybridized carbons (Fsp3) is 0.476. The van der Waals surface area contributed by atoms with Crippen LogP contribution in [0.3, 0.4) is 0 Å². The number of benzene rings is 1. The number of hydrogen-bond acceptors (Lipinski definition) is 4. The molecule has 1 fully saturated rings. The average molecular weight is 352 g/mol. The number of aryl methyl sites for hydroxylation is 1. The van der Waals surface area contributed by atoms with Crippen LogP contribution in [-0.2, 0) is 5.41 Å². The van der Waals surface area contributed by atoms with Gasteiger partial charge >= 0.3 is 0 Å². The molecular weight excluding hydrogens is 324 g/mol. The van der Waals surface area contributed by atoms with E-state index in [0.717, 1.165) is 29.9 Å². The van der Waals surface area contributed by atoms with Gasteiger partial charge in [0, 0.05) is 17.8 Å². The van der Waals surface area contributed by atoms with Crippen LogP contribution in [0, 0.1) is 6.92 Å². The van der Waals surface area contributed by atoms with Crippen LogP contribution in [0.25, 0.3) is 0 Å². The van der Waals surface area contributed by atoms with E-state index in [4.69, 9.17) is 0 Å². The zero-order valence-corrected chi connectivity index (χ0v) is 16.1. The van der Waals surface area contributed by atoms with Crippen molar-refractivity contribution in [2.45, 2.75) is 64.8 Å². The summed E-state index contributed by atoms with van der Waals surface area (Å²) in [5.41, 5.74) is 2.26. The number of carbonyl (C=O) groups excluding carboxylic acids is 1.